The predicted octanol–water partition coefficient (Wildman–Crippen LogP) is 9.89. The van der Waals surface area contributed by atoms with Gasteiger partial charge < -0.3 is 19.4 Å². The predicted molar refractivity (Wildman–Crippen MR) is 211 cm³/mol. The molecule has 0 amide bonds. The third-order valence-corrected chi connectivity index (χ3v) is 10.5. The maximum atomic E-state index is 7.19. The van der Waals surface area contributed by atoms with Crippen LogP contribution in [0.1, 0.15) is 0 Å². The SMILES string of the molecule is c1ccc(N2c3ccccc3B3c4ccccc4N(c4ccncc4)c4c5c(cc2c43)N(c2cccc3ccccc23)c2ccccc2O5)cc1. The van der Waals surface area contributed by atoms with E-state index in [4.69, 9.17) is 4.74 Å². The van der Waals surface area contributed by atoms with Crippen LogP contribution in [0.15, 0.2) is 176 Å². The highest BCUT2D eigenvalue weighted by Gasteiger charge is 2.47. The van der Waals surface area contributed by atoms with Crippen LogP contribution in [0.25, 0.3) is 10.8 Å². The van der Waals surface area contributed by atoms with Gasteiger partial charge in [-0.3, -0.25) is 4.98 Å². The minimum Gasteiger partial charge on any atom is -0.451 e. The average Bonchev–Trinajstić information content (AvgIpc) is 3.20. The van der Waals surface area contributed by atoms with Crippen molar-refractivity contribution >= 4 is 85.1 Å². The summed E-state index contributed by atoms with van der Waals surface area (Å²) in [5, 5.41) is 2.36. The van der Waals surface area contributed by atoms with Crippen LogP contribution >= 0.6 is 0 Å². The number of ether oxygens (including phenoxy) is 1. The Hall–Kier alpha value is -6.79. The van der Waals surface area contributed by atoms with Gasteiger partial charge in [-0.25, -0.2) is 0 Å². The molecule has 3 aliphatic heterocycles. The van der Waals surface area contributed by atoms with Crippen molar-refractivity contribution in [2.75, 3.05) is 14.7 Å². The van der Waals surface area contributed by atoms with Crippen molar-refractivity contribution in [3.63, 3.8) is 0 Å². The monoisotopic (exact) mass is 652 g/mol. The average molecular weight is 653 g/mol. The number of pyridine rings is 1. The zero-order chi connectivity index (χ0) is 33.5. The molecule has 0 unspecified atom stereocenters. The van der Waals surface area contributed by atoms with E-state index in [0.29, 0.717) is 0 Å². The van der Waals surface area contributed by atoms with Gasteiger partial charge in [0.05, 0.1) is 22.7 Å². The van der Waals surface area contributed by atoms with Crippen LogP contribution in [-0.2, 0) is 0 Å². The molecule has 3 aliphatic rings. The van der Waals surface area contributed by atoms with Crippen LogP contribution < -0.4 is 35.8 Å². The van der Waals surface area contributed by atoms with Gasteiger partial charge in [0.2, 0.25) is 0 Å². The van der Waals surface area contributed by atoms with Crippen LogP contribution in [0.2, 0.25) is 0 Å². The quantitative estimate of drug-likeness (QED) is 0.178. The van der Waals surface area contributed by atoms with Crippen molar-refractivity contribution in [2.24, 2.45) is 0 Å². The van der Waals surface area contributed by atoms with Gasteiger partial charge in [0.15, 0.2) is 11.5 Å². The third-order valence-electron chi connectivity index (χ3n) is 10.5. The minimum absolute atomic E-state index is 0.0162. The molecule has 1 aromatic heterocycles. The molecule has 0 atom stereocenters. The second-order valence-electron chi connectivity index (χ2n) is 13.2. The largest absolute Gasteiger partial charge is 0.451 e. The lowest BCUT2D eigenvalue weighted by molar-refractivity contribution is 0.478. The Morgan fingerprint density at radius 1 is 0.451 bits per heavy atom. The molecule has 7 aromatic carbocycles. The van der Waals surface area contributed by atoms with E-state index in [1.807, 2.05) is 12.4 Å². The van der Waals surface area contributed by atoms with Crippen LogP contribution in [0, 0.1) is 0 Å². The number of aromatic nitrogens is 1. The van der Waals surface area contributed by atoms with Gasteiger partial charge >= 0.3 is 0 Å². The van der Waals surface area contributed by atoms with E-state index in [-0.39, 0.29) is 6.71 Å². The summed E-state index contributed by atoms with van der Waals surface area (Å²) in [5.74, 6) is 1.64. The van der Waals surface area contributed by atoms with E-state index in [1.54, 1.807) is 0 Å². The molecule has 0 N–H and O–H groups in total. The highest BCUT2D eigenvalue weighted by molar-refractivity contribution is 7.00. The molecular weight excluding hydrogens is 623 g/mol. The Balaban J connectivity index is 1.32. The van der Waals surface area contributed by atoms with Gasteiger partial charge in [-0.05, 0) is 82.4 Å². The molecule has 6 heteroatoms. The van der Waals surface area contributed by atoms with Crippen molar-refractivity contribution in [1.29, 1.82) is 0 Å². The Labute approximate surface area is 296 Å². The Kier molecular flexibility index (Phi) is 5.98. The summed E-state index contributed by atoms with van der Waals surface area (Å²) < 4.78 is 7.19. The fourth-order valence-corrected chi connectivity index (χ4v) is 8.44. The lowest BCUT2D eigenvalue weighted by atomic mass is 9.33. The molecule has 238 valence electrons. The van der Waals surface area contributed by atoms with Crippen molar-refractivity contribution in [1.82, 2.24) is 4.98 Å². The molecule has 4 heterocycles. The first-order valence-electron chi connectivity index (χ1n) is 17.3. The normalized spacial score (nSPS) is 13.5. The van der Waals surface area contributed by atoms with E-state index in [1.165, 1.54) is 32.8 Å². The highest BCUT2D eigenvalue weighted by Crippen LogP contribution is 2.59. The number of para-hydroxylation sites is 5. The zero-order valence-corrected chi connectivity index (χ0v) is 27.5. The first-order valence-corrected chi connectivity index (χ1v) is 17.3. The number of rotatable bonds is 3. The smallest absolute Gasteiger partial charge is 0.252 e. The molecule has 0 spiro atoms. The molecule has 0 bridgehead atoms. The first-order chi connectivity index (χ1) is 25.3. The van der Waals surface area contributed by atoms with Gasteiger partial charge in [0.1, 0.15) is 0 Å². The summed E-state index contributed by atoms with van der Waals surface area (Å²) in [6.45, 7) is -0.0162. The minimum atomic E-state index is -0.0162. The number of fused-ring (bicyclic) bond motifs is 8. The lowest BCUT2D eigenvalue weighted by Gasteiger charge is -2.46. The third kappa shape index (κ3) is 4.02. The fourth-order valence-electron chi connectivity index (χ4n) is 8.44. The van der Waals surface area contributed by atoms with Gasteiger partial charge in [-0.2, -0.15) is 0 Å². The summed E-state index contributed by atoms with van der Waals surface area (Å²) in [4.78, 5) is 11.6. The van der Waals surface area contributed by atoms with E-state index in [0.717, 1.165) is 57.0 Å². The van der Waals surface area contributed by atoms with Crippen LogP contribution in [0.4, 0.5) is 51.2 Å². The van der Waals surface area contributed by atoms with Gasteiger partial charge in [0, 0.05) is 46.2 Å². The Morgan fingerprint density at radius 3 is 1.86 bits per heavy atom. The first kappa shape index (κ1) is 28.1. The second kappa shape index (κ2) is 10.9. The van der Waals surface area contributed by atoms with Crippen molar-refractivity contribution in [3.05, 3.63) is 176 Å². The molecule has 0 aliphatic carbocycles. The van der Waals surface area contributed by atoms with Crippen molar-refractivity contribution < 1.29 is 4.74 Å². The molecule has 0 saturated carbocycles. The van der Waals surface area contributed by atoms with E-state index in [2.05, 4.69) is 183 Å². The van der Waals surface area contributed by atoms with Crippen molar-refractivity contribution in [2.45, 2.75) is 0 Å². The van der Waals surface area contributed by atoms with Crippen LogP contribution in [0.3, 0.4) is 0 Å². The summed E-state index contributed by atoms with van der Waals surface area (Å²) in [7, 11) is 0. The van der Waals surface area contributed by atoms with E-state index in [9.17, 15) is 0 Å². The van der Waals surface area contributed by atoms with Gasteiger partial charge in [-0.1, -0.05) is 103 Å². The molecule has 0 radical (unpaired) electrons. The standard InChI is InChI=1S/C45H29BN4O/c1-2-15-31(16-3-1)48-37-20-8-6-18-34(37)46-35-19-7-9-21-38(35)49(32-25-27-47-28-26-32)44-43(46)40(48)29-41-45(44)51-42-24-11-10-22-39(42)50(41)36-23-12-14-30-13-4-5-17-33(30)36/h1-29H. The maximum absolute atomic E-state index is 7.19. The Bertz CT molecular complexity index is 2650. The van der Waals surface area contributed by atoms with E-state index < -0.39 is 0 Å². The number of benzene rings is 7. The van der Waals surface area contributed by atoms with Crippen LogP contribution in [-0.4, -0.2) is 11.7 Å². The molecular formula is C45H29BN4O. The molecule has 11 rings (SSSR count). The molecule has 5 nitrogen and oxygen atoms in total. The Morgan fingerprint density at radius 2 is 1.06 bits per heavy atom. The number of hydrogen-bond acceptors (Lipinski definition) is 5. The van der Waals surface area contributed by atoms with E-state index >= 15 is 0 Å². The summed E-state index contributed by atoms with van der Waals surface area (Å²) in [5.41, 5.74) is 13.4. The van der Waals surface area contributed by atoms with Gasteiger partial charge in [0.25, 0.3) is 6.71 Å². The zero-order valence-electron chi connectivity index (χ0n) is 27.5. The topological polar surface area (TPSA) is 31.8 Å². The summed E-state index contributed by atoms with van der Waals surface area (Å²) >= 11 is 0. The summed E-state index contributed by atoms with van der Waals surface area (Å²) in [6, 6.07) is 58.5. The van der Waals surface area contributed by atoms with Gasteiger partial charge in [-0.15, -0.1) is 0 Å². The lowest BCUT2D eigenvalue weighted by Crippen LogP contribution is -2.61. The maximum Gasteiger partial charge on any atom is 0.252 e. The highest BCUT2D eigenvalue weighted by atomic mass is 16.5. The number of nitrogens with zero attached hydrogens (tertiary/aromatic N) is 4. The molecule has 8 aromatic rings. The number of anilines is 9. The summed E-state index contributed by atoms with van der Waals surface area (Å²) in [6.07, 6.45) is 3.74. The molecule has 0 fully saturated rings. The molecule has 51 heavy (non-hydrogen) atoms. The fraction of sp³-hybridized carbons (Fsp3) is 0. The second-order valence-corrected chi connectivity index (χ2v) is 13.2. The molecule has 0 saturated heterocycles. The number of hydrogen-bond donors (Lipinski definition) is 0. The van der Waals surface area contributed by atoms with Crippen molar-refractivity contribution in [3.8, 4) is 11.5 Å². The van der Waals surface area contributed by atoms with Crippen LogP contribution in [0.5, 0.6) is 11.5 Å².